The number of rotatable bonds is 10. The molecule has 6 nitrogen and oxygen atoms in total. The second kappa shape index (κ2) is 9.09. The number of aromatic nitrogens is 1. The second-order valence-corrected chi connectivity index (χ2v) is 6.31. The maximum Gasteiger partial charge on any atom is 0.234 e. The third kappa shape index (κ3) is 6.52. The molecule has 2 unspecified atom stereocenters. The number of nitrogens with one attached hydrogen (secondary N) is 1. The van der Waals surface area contributed by atoms with Gasteiger partial charge in [-0.1, -0.05) is 13.8 Å². The van der Waals surface area contributed by atoms with Crippen LogP contribution in [0.15, 0.2) is 5.51 Å². The van der Waals surface area contributed by atoms with Crippen LogP contribution in [0, 0.1) is 12.8 Å². The zero-order valence-corrected chi connectivity index (χ0v) is 13.7. The molecule has 0 aliphatic rings. The summed E-state index contributed by atoms with van der Waals surface area (Å²) >= 11 is 1.61. The molecule has 2 atom stereocenters. The first-order valence-corrected chi connectivity index (χ1v) is 7.97. The molecule has 7 heteroatoms. The number of aliphatic hydroxyl groups excluding tert-OH is 1. The van der Waals surface area contributed by atoms with Gasteiger partial charge in [0.1, 0.15) is 0 Å². The number of nitrogens with two attached hydrogens (primary N) is 1. The van der Waals surface area contributed by atoms with Gasteiger partial charge in [-0.2, -0.15) is 0 Å². The Labute approximate surface area is 129 Å². The van der Waals surface area contributed by atoms with Crippen LogP contribution in [0.3, 0.4) is 0 Å². The summed E-state index contributed by atoms with van der Waals surface area (Å²) < 4.78 is 5.45. The van der Waals surface area contributed by atoms with Crippen LogP contribution < -0.4 is 11.1 Å². The highest BCUT2D eigenvalue weighted by Crippen LogP contribution is 2.12. The van der Waals surface area contributed by atoms with E-state index in [0.717, 1.165) is 12.1 Å². The molecule has 0 saturated heterocycles. The number of hydrogen-bond donors (Lipinski definition) is 3. The molecule has 1 heterocycles. The lowest BCUT2D eigenvalue weighted by Gasteiger charge is -2.21. The lowest BCUT2D eigenvalue weighted by Crippen LogP contribution is -2.48. The third-order valence-electron chi connectivity index (χ3n) is 3.18. The number of thiazole rings is 1. The number of aliphatic hydroxyl groups is 1. The Kier molecular flexibility index (Phi) is 7.81. The van der Waals surface area contributed by atoms with Gasteiger partial charge in [0, 0.05) is 17.8 Å². The molecule has 1 rings (SSSR count). The van der Waals surface area contributed by atoms with Crippen molar-refractivity contribution in [2.75, 3.05) is 19.8 Å². The summed E-state index contributed by atoms with van der Waals surface area (Å²) in [6, 6.07) is -0.431. The molecule has 0 spiro atoms. The van der Waals surface area contributed by atoms with E-state index in [0.29, 0.717) is 6.61 Å². The molecular weight excluding hydrogens is 290 g/mol. The standard InChI is InChI=1S/C14H25N3O3S/c1-9(2)13(14(15)19)16-6-11(18)7-20-5-4-12-10(3)17-8-21-12/h8-9,11,13,16,18H,4-7H2,1-3H3,(H2,15,19). The number of carbonyl (C=O) groups excluding carboxylic acids is 1. The average Bonchev–Trinajstić information content (AvgIpc) is 2.79. The van der Waals surface area contributed by atoms with Crippen molar-refractivity contribution < 1.29 is 14.6 Å². The molecule has 0 aliphatic carbocycles. The Bertz CT molecular complexity index is 437. The Morgan fingerprint density at radius 1 is 1.57 bits per heavy atom. The minimum Gasteiger partial charge on any atom is -0.389 e. The molecule has 1 aromatic heterocycles. The quantitative estimate of drug-likeness (QED) is 0.545. The maximum absolute atomic E-state index is 11.2. The van der Waals surface area contributed by atoms with Crippen LogP contribution in [0.1, 0.15) is 24.4 Å². The highest BCUT2D eigenvalue weighted by atomic mass is 32.1. The second-order valence-electron chi connectivity index (χ2n) is 5.37. The highest BCUT2D eigenvalue weighted by Gasteiger charge is 2.19. The average molecular weight is 315 g/mol. The number of amides is 1. The van der Waals surface area contributed by atoms with Gasteiger partial charge in [-0.25, -0.2) is 4.98 Å². The molecule has 0 bridgehead atoms. The van der Waals surface area contributed by atoms with E-state index in [-0.39, 0.29) is 19.1 Å². The first-order valence-electron chi connectivity index (χ1n) is 7.09. The fourth-order valence-electron chi connectivity index (χ4n) is 1.94. The van der Waals surface area contributed by atoms with Gasteiger partial charge in [0.25, 0.3) is 0 Å². The molecule has 1 amide bonds. The minimum absolute atomic E-state index is 0.0879. The Morgan fingerprint density at radius 2 is 2.29 bits per heavy atom. The van der Waals surface area contributed by atoms with Crippen LogP contribution in [0.2, 0.25) is 0 Å². The molecule has 0 fully saturated rings. The summed E-state index contributed by atoms with van der Waals surface area (Å²) in [5.74, 6) is -0.316. The van der Waals surface area contributed by atoms with E-state index in [2.05, 4.69) is 10.3 Å². The summed E-state index contributed by atoms with van der Waals surface area (Å²) in [5, 5.41) is 12.8. The van der Waals surface area contributed by atoms with Crippen molar-refractivity contribution in [1.82, 2.24) is 10.3 Å². The molecule has 0 saturated carbocycles. The Balaban J connectivity index is 2.17. The predicted octanol–water partition coefficient (Wildman–Crippen LogP) is 0.471. The Hall–Kier alpha value is -1.02. The van der Waals surface area contributed by atoms with Crippen LogP contribution in [0.4, 0.5) is 0 Å². The SMILES string of the molecule is Cc1ncsc1CCOCC(O)CNC(C(N)=O)C(C)C. The largest absolute Gasteiger partial charge is 0.389 e. The van der Waals surface area contributed by atoms with Crippen LogP contribution in [-0.2, 0) is 16.0 Å². The summed E-state index contributed by atoms with van der Waals surface area (Å²) in [5.41, 5.74) is 8.15. The number of carbonyl (C=O) groups is 1. The van der Waals surface area contributed by atoms with Gasteiger partial charge in [0.2, 0.25) is 5.91 Å². The zero-order chi connectivity index (χ0) is 15.8. The molecule has 0 aromatic carbocycles. The van der Waals surface area contributed by atoms with Gasteiger partial charge in [0.05, 0.1) is 36.6 Å². The predicted molar refractivity (Wildman–Crippen MR) is 83.2 cm³/mol. The minimum atomic E-state index is -0.659. The van der Waals surface area contributed by atoms with E-state index in [1.807, 2.05) is 26.3 Å². The third-order valence-corrected chi connectivity index (χ3v) is 4.17. The van der Waals surface area contributed by atoms with Gasteiger partial charge in [-0.05, 0) is 12.8 Å². The summed E-state index contributed by atoms with van der Waals surface area (Å²) in [7, 11) is 0. The van der Waals surface area contributed by atoms with E-state index in [1.165, 1.54) is 4.88 Å². The maximum atomic E-state index is 11.2. The lowest BCUT2D eigenvalue weighted by atomic mass is 10.0. The normalized spacial score (nSPS) is 14.3. The molecule has 0 radical (unpaired) electrons. The fraction of sp³-hybridized carbons (Fsp3) is 0.714. The van der Waals surface area contributed by atoms with Crippen molar-refractivity contribution in [2.24, 2.45) is 11.7 Å². The first kappa shape index (κ1) is 18.0. The smallest absolute Gasteiger partial charge is 0.234 e. The van der Waals surface area contributed by atoms with Crippen molar-refractivity contribution in [2.45, 2.75) is 39.3 Å². The summed E-state index contributed by atoms with van der Waals surface area (Å²) in [6.07, 6.45) is 0.139. The fourth-order valence-corrected chi connectivity index (χ4v) is 2.70. The van der Waals surface area contributed by atoms with Gasteiger partial charge in [-0.15, -0.1) is 11.3 Å². The van der Waals surface area contributed by atoms with E-state index >= 15 is 0 Å². The van der Waals surface area contributed by atoms with E-state index < -0.39 is 18.1 Å². The monoisotopic (exact) mass is 315 g/mol. The Morgan fingerprint density at radius 3 is 2.81 bits per heavy atom. The van der Waals surface area contributed by atoms with Crippen molar-refractivity contribution in [1.29, 1.82) is 0 Å². The van der Waals surface area contributed by atoms with Crippen molar-refractivity contribution in [3.05, 3.63) is 16.1 Å². The molecule has 0 aliphatic heterocycles. The number of hydrogen-bond acceptors (Lipinski definition) is 6. The van der Waals surface area contributed by atoms with Gasteiger partial charge in [-0.3, -0.25) is 4.79 Å². The van der Waals surface area contributed by atoms with Crippen molar-refractivity contribution in [3.8, 4) is 0 Å². The molecular formula is C14H25N3O3S. The molecule has 1 aromatic rings. The summed E-state index contributed by atoms with van der Waals surface area (Å²) in [6.45, 7) is 6.84. The molecule has 120 valence electrons. The van der Waals surface area contributed by atoms with E-state index in [4.69, 9.17) is 10.5 Å². The van der Waals surface area contributed by atoms with E-state index in [1.54, 1.807) is 11.3 Å². The number of ether oxygens (including phenoxy) is 1. The first-order chi connectivity index (χ1) is 9.91. The van der Waals surface area contributed by atoms with Gasteiger partial charge >= 0.3 is 0 Å². The van der Waals surface area contributed by atoms with Crippen molar-refractivity contribution >= 4 is 17.2 Å². The number of aryl methyl sites for hydroxylation is 1. The highest BCUT2D eigenvalue weighted by molar-refractivity contribution is 7.09. The van der Waals surface area contributed by atoms with Gasteiger partial charge < -0.3 is 20.9 Å². The van der Waals surface area contributed by atoms with Crippen LogP contribution >= 0.6 is 11.3 Å². The van der Waals surface area contributed by atoms with Crippen molar-refractivity contribution in [3.63, 3.8) is 0 Å². The molecule has 21 heavy (non-hydrogen) atoms. The lowest BCUT2D eigenvalue weighted by molar-refractivity contribution is -0.121. The number of nitrogens with zero attached hydrogens (tertiary/aromatic N) is 1. The van der Waals surface area contributed by atoms with Gasteiger partial charge in [0.15, 0.2) is 0 Å². The summed E-state index contributed by atoms with van der Waals surface area (Å²) in [4.78, 5) is 16.6. The van der Waals surface area contributed by atoms with Crippen LogP contribution in [-0.4, -0.2) is 47.9 Å². The van der Waals surface area contributed by atoms with Crippen LogP contribution in [0.5, 0.6) is 0 Å². The molecule has 4 N–H and O–H groups in total. The van der Waals surface area contributed by atoms with Crippen LogP contribution in [0.25, 0.3) is 0 Å². The number of primary amides is 1. The topological polar surface area (TPSA) is 97.5 Å². The zero-order valence-electron chi connectivity index (χ0n) is 12.8. The van der Waals surface area contributed by atoms with E-state index in [9.17, 15) is 9.90 Å².